The topological polar surface area (TPSA) is 9.23 Å². The van der Waals surface area contributed by atoms with E-state index < -0.39 is 8.80 Å². The summed E-state index contributed by atoms with van der Waals surface area (Å²) in [6.45, 7) is 8.11. The van der Waals surface area contributed by atoms with Gasteiger partial charge in [0, 0.05) is 6.61 Å². The Hall–Kier alpha value is 0.177. The van der Waals surface area contributed by atoms with Gasteiger partial charge in [-0.3, -0.25) is 0 Å². The standard InChI is InChI=1S/C9H20OSi/c1-4-9(11(2)3)7-5-6-8-10-9/h11H,4-8H2,1-3H3. The van der Waals surface area contributed by atoms with Crippen LogP contribution in [0.15, 0.2) is 0 Å². The third-order valence-electron chi connectivity index (χ3n) is 3.03. The fourth-order valence-electron chi connectivity index (χ4n) is 2.02. The zero-order valence-electron chi connectivity index (χ0n) is 8.02. The van der Waals surface area contributed by atoms with Crippen LogP contribution in [0.25, 0.3) is 0 Å². The molecule has 1 unspecified atom stereocenters. The predicted molar refractivity (Wildman–Crippen MR) is 51.7 cm³/mol. The van der Waals surface area contributed by atoms with Gasteiger partial charge in [-0.1, -0.05) is 20.0 Å². The largest absolute Gasteiger partial charge is 0.379 e. The highest BCUT2D eigenvalue weighted by Crippen LogP contribution is 2.30. The molecule has 0 amide bonds. The van der Waals surface area contributed by atoms with Gasteiger partial charge < -0.3 is 4.74 Å². The highest BCUT2D eigenvalue weighted by atomic mass is 28.3. The second kappa shape index (κ2) is 3.72. The third kappa shape index (κ3) is 1.85. The Kier molecular flexibility index (Phi) is 3.13. The Bertz CT molecular complexity index is 117. The van der Waals surface area contributed by atoms with Gasteiger partial charge in [0.1, 0.15) is 0 Å². The number of rotatable bonds is 2. The fraction of sp³-hybridized carbons (Fsp3) is 1.00. The second-order valence-corrected chi connectivity index (χ2v) is 7.24. The van der Waals surface area contributed by atoms with E-state index in [0.29, 0.717) is 5.22 Å². The maximum atomic E-state index is 5.94. The summed E-state index contributed by atoms with van der Waals surface area (Å²) in [6.07, 6.45) is 5.23. The maximum absolute atomic E-state index is 5.94. The molecule has 1 aliphatic heterocycles. The molecule has 0 spiro atoms. The zero-order chi connectivity index (χ0) is 8.32. The molecule has 0 aliphatic carbocycles. The van der Waals surface area contributed by atoms with Crippen LogP contribution in [0.5, 0.6) is 0 Å². The van der Waals surface area contributed by atoms with Crippen LogP contribution in [0, 0.1) is 0 Å². The SMILES string of the molecule is CCC1([SiH](C)C)CCCCO1. The number of hydrogen-bond acceptors (Lipinski definition) is 1. The van der Waals surface area contributed by atoms with Gasteiger partial charge in [-0.25, -0.2) is 0 Å². The van der Waals surface area contributed by atoms with Crippen molar-refractivity contribution in [3.63, 3.8) is 0 Å². The van der Waals surface area contributed by atoms with Gasteiger partial charge in [0.05, 0.1) is 14.0 Å². The van der Waals surface area contributed by atoms with Crippen molar-refractivity contribution in [2.24, 2.45) is 0 Å². The summed E-state index contributed by atoms with van der Waals surface area (Å²) >= 11 is 0. The second-order valence-electron chi connectivity index (χ2n) is 3.88. The van der Waals surface area contributed by atoms with E-state index in [1.807, 2.05) is 0 Å². The molecule has 66 valence electrons. The summed E-state index contributed by atoms with van der Waals surface area (Å²) in [4.78, 5) is 0. The van der Waals surface area contributed by atoms with Crippen LogP contribution in [0.2, 0.25) is 13.1 Å². The fourth-order valence-corrected chi connectivity index (χ4v) is 4.07. The Morgan fingerprint density at radius 2 is 2.09 bits per heavy atom. The van der Waals surface area contributed by atoms with Gasteiger partial charge in [0.15, 0.2) is 0 Å². The molecule has 11 heavy (non-hydrogen) atoms. The molecule has 0 radical (unpaired) electrons. The van der Waals surface area contributed by atoms with Crippen molar-refractivity contribution in [3.05, 3.63) is 0 Å². The molecule has 1 nitrogen and oxygen atoms in total. The van der Waals surface area contributed by atoms with E-state index >= 15 is 0 Å². The summed E-state index contributed by atoms with van der Waals surface area (Å²) in [6, 6.07) is 0. The van der Waals surface area contributed by atoms with Crippen LogP contribution in [-0.4, -0.2) is 20.6 Å². The first-order chi connectivity index (χ1) is 5.21. The average Bonchev–Trinajstić information content (AvgIpc) is 2.05. The predicted octanol–water partition coefficient (Wildman–Crippen LogP) is 2.36. The summed E-state index contributed by atoms with van der Waals surface area (Å²) in [7, 11) is -0.610. The van der Waals surface area contributed by atoms with Crippen molar-refractivity contribution in [1.82, 2.24) is 0 Å². The Morgan fingerprint density at radius 3 is 2.36 bits per heavy atom. The summed E-state index contributed by atoms with van der Waals surface area (Å²) in [5.74, 6) is 0. The minimum absolute atomic E-state index is 0.359. The number of ether oxygens (including phenoxy) is 1. The van der Waals surface area contributed by atoms with Gasteiger partial charge in [0.2, 0.25) is 0 Å². The van der Waals surface area contributed by atoms with Gasteiger partial charge in [-0.2, -0.15) is 0 Å². The maximum Gasteiger partial charge on any atom is 0.0695 e. The van der Waals surface area contributed by atoms with Crippen LogP contribution in [0.1, 0.15) is 32.6 Å². The van der Waals surface area contributed by atoms with Gasteiger partial charge in [-0.05, 0) is 25.7 Å². The van der Waals surface area contributed by atoms with E-state index in [-0.39, 0.29) is 0 Å². The normalized spacial score (nSPS) is 32.7. The average molecular weight is 172 g/mol. The van der Waals surface area contributed by atoms with Gasteiger partial charge >= 0.3 is 0 Å². The lowest BCUT2D eigenvalue weighted by atomic mass is 10.1. The van der Waals surface area contributed by atoms with E-state index in [9.17, 15) is 0 Å². The molecule has 0 bridgehead atoms. The highest BCUT2D eigenvalue weighted by Gasteiger charge is 2.34. The Morgan fingerprint density at radius 1 is 1.36 bits per heavy atom. The quantitative estimate of drug-likeness (QED) is 0.581. The van der Waals surface area contributed by atoms with Crippen molar-refractivity contribution in [2.45, 2.75) is 50.9 Å². The number of hydrogen-bond donors (Lipinski definition) is 0. The Balaban J connectivity index is 2.57. The van der Waals surface area contributed by atoms with Crippen LogP contribution in [0.3, 0.4) is 0 Å². The molecule has 1 aliphatic rings. The van der Waals surface area contributed by atoms with Crippen molar-refractivity contribution >= 4 is 8.80 Å². The molecule has 0 saturated carbocycles. The Labute approximate surface area is 71.7 Å². The molecule has 0 aromatic heterocycles. The van der Waals surface area contributed by atoms with E-state index in [1.165, 1.54) is 25.7 Å². The first-order valence-corrected chi connectivity index (χ1v) is 7.74. The van der Waals surface area contributed by atoms with Crippen molar-refractivity contribution < 1.29 is 4.74 Å². The summed E-state index contributed by atoms with van der Waals surface area (Å²) < 4.78 is 5.94. The molecule has 1 rings (SSSR count). The van der Waals surface area contributed by atoms with Crippen LogP contribution < -0.4 is 0 Å². The van der Waals surface area contributed by atoms with Crippen molar-refractivity contribution in [2.75, 3.05) is 6.61 Å². The van der Waals surface area contributed by atoms with E-state index in [1.54, 1.807) is 0 Å². The van der Waals surface area contributed by atoms with Crippen LogP contribution >= 0.6 is 0 Å². The molecule has 1 saturated heterocycles. The van der Waals surface area contributed by atoms with E-state index in [2.05, 4.69) is 20.0 Å². The first kappa shape index (κ1) is 9.27. The minimum Gasteiger partial charge on any atom is -0.379 e. The van der Waals surface area contributed by atoms with Gasteiger partial charge in [-0.15, -0.1) is 0 Å². The van der Waals surface area contributed by atoms with E-state index in [4.69, 9.17) is 4.74 Å². The molecule has 1 fully saturated rings. The molecule has 0 N–H and O–H groups in total. The lowest BCUT2D eigenvalue weighted by molar-refractivity contribution is -0.0247. The molecule has 0 aromatic carbocycles. The zero-order valence-corrected chi connectivity index (χ0v) is 9.18. The molecular formula is C9H20OSi. The lowest BCUT2D eigenvalue weighted by Crippen LogP contribution is -2.46. The molecule has 1 atom stereocenters. The summed E-state index contributed by atoms with van der Waals surface area (Å²) in [5.41, 5.74) is 0. The van der Waals surface area contributed by atoms with Crippen LogP contribution in [0.4, 0.5) is 0 Å². The van der Waals surface area contributed by atoms with Crippen molar-refractivity contribution in [3.8, 4) is 0 Å². The third-order valence-corrected chi connectivity index (χ3v) is 6.00. The smallest absolute Gasteiger partial charge is 0.0695 e. The monoisotopic (exact) mass is 172 g/mol. The van der Waals surface area contributed by atoms with Gasteiger partial charge in [0.25, 0.3) is 0 Å². The van der Waals surface area contributed by atoms with Crippen molar-refractivity contribution in [1.29, 1.82) is 0 Å². The molecule has 0 aromatic rings. The molecule has 1 heterocycles. The summed E-state index contributed by atoms with van der Waals surface area (Å²) in [5, 5.41) is 0.359. The van der Waals surface area contributed by atoms with Crippen LogP contribution in [-0.2, 0) is 4.74 Å². The minimum atomic E-state index is -0.610. The van der Waals surface area contributed by atoms with E-state index in [0.717, 1.165) is 6.61 Å². The first-order valence-electron chi connectivity index (χ1n) is 4.85. The molecular weight excluding hydrogens is 152 g/mol. The molecule has 2 heteroatoms. The highest BCUT2D eigenvalue weighted by molar-refractivity contribution is 6.59. The lowest BCUT2D eigenvalue weighted by Gasteiger charge is -2.39.